The summed E-state index contributed by atoms with van der Waals surface area (Å²) in [5, 5.41) is 9.63. The first-order valence-corrected chi connectivity index (χ1v) is 9.97. The molecule has 0 saturated heterocycles. The number of aromatic carboxylic acids is 1. The van der Waals surface area contributed by atoms with Crippen LogP contribution in [0.3, 0.4) is 0 Å². The van der Waals surface area contributed by atoms with E-state index in [9.17, 15) is 27.5 Å². The van der Waals surface area contributed by atoms with Gasteiger partial charge in [-0.3, -0.25) is 0 Å². The van der Waals surface area contributed by atoms with Gasteiger partial charge in [0.25, 0.3) is 5.76 Å². The first-order chi connectivity index (χ1) is 13.3. The number of hydrogen-bond acceptors (Lipinski definition) is 2. The summed E-state index contributed by atoms with van der Waals surface area (Å²) in [5.74, 6) is -6.10. The van der Waals surface area contributed by atoms with Crippen LogP contribution in [0.4, 0.5) is 17.6 Å². The van der Waals surface area contributed by atoms with E-state index in [1.165, 1.54) is 18.2 Å². The largest absolute Gasteiger partial charge is 0.478 e. The summed E-state index contributed by atoms with van der Waals surface area (Å²) in [5.41, 5.74) is 0.773. The number of thioether (sulfide) groups is 1. The van der Waals surface area contributed by atoms with Gasteiger partial charge in [-0.25, -0.2) is 13.6 Å². The molecule has 3 rings (SSSR count). The molecule has 1 aliphatic rings. The molecule has 2 aromatic rings. The molecule has 0 bridgehead atoms. The molecular weight excluding hydrogens is 392 g/mol. The normalized spacial score (nSPS) is 19.8. The van der Waals surface area contributed by atoms with Crippen LogP contribution in [0.2, 0.25) is 0 Å². The van der Waals surface area contributed by atoms with Gasteiger partial charge in [-0.05, 0) is 47.9 Å². The van der Waals surface area contributed by atoms with Crippen molar-refractivity contribution in [3.63, 3.8) is 0 Å². The van der Waals surface area contributed by atoms with E-state index in [1.54, 1.807) is 6.07 Å². The van der Waals surface area contributed by atoms with E-state index in [0.29, 0.717) is 17.0 Å². The minimum Gasteiger partial charge on any atom is -0.478 e. The minimum absolute atomic E-state index is 0.0588. The highest BCUT2D eigenvalue weighted by atomic mass is 32.2. The van der Waals surface area contributed by atoms with Gasteiger partial charge in [0.15, 0.2) is 11.6 Å². The number of alkyl halides is 2. The zero-order chi connectivity index (χ0) is 20.4. The van der Waals surface area contributed by atoms with Crippen LogP contribution in [-0.4, -0.2) is 16.8 Å². The lowest BCUT2D eigenvalue weighted by Gasteiger charge is -2.29. The van der Waals surface area contributed by atoms with Crippen molar-refractivity contribution < 1.29 is 27.5 Å². The van der Waals surface area contributed by atoms with Crippen molar-refractivity contribution in [3.05, 3.63) is 53.1 Å². The van der Waals surface area contributed by atoms with Crippen LogP contribution in [0, 0.1) is 17.6 Å². The van der Waals surface area contributed by atoms with Crippen molar-refractivity contribution >= 4 is 17.7 Å². The van der Waals surface area contributed by atoms with Crippen molar-refractivity contribution in [1.29, 1.82) is 0 Å². The Labute approximate surface area is 165 Å². The van der Waals surface area contributed by atoms with Gasteiger partial charge in [0.1, 0.15) is 0 Å². The van der Waals surface area contributed by atoms with E-state index in [-0.39, 0.29) is 28.8 Å². The van der Waals surface area contributed by atoms with Crippen molar-refractivity contribution in [2.45, 2.75) is 49.2 Å². The van der Waals surface area contributed by atoms with Gasteiger partial charge in [-0.1, -0.05) is 49.7 Å². The average molecular weight is 412 g/mol. The summed E-state index contributed by atoms with van der Waals surface area (Å²) in [7, 11) is 0. The van der Waals surface area contributed by atoms with Crippen LogP contribution < -0.4 is 0 Å². The molecule has 28 heavy (non-hydrogen) atoms. The molecule has 0 aliphatic heterocycles. The Morgan fingerprint density at radius 2 is 1.71 bits per heavy atom. The van der Waals surface area contributed by atoms with E-state index < -0.39 is 28.3 Å². The molecule has 150 valence electrons. The molecule has 1 fully saturated rings. The lowest BCUT2D eigenvalue weighted by atomic mass is 9.75. The van der Waals surface area contributed by atoms with E-state index in [0.717, 1.165) is 31.7 Å². The number of benzene rings is 2. The fraction of sp³-hybridized carbons (Fsp3) is 0.381. The molecule has 1 N–H and O–H groups in total. The first-order valence-electron chi connectivity index (χ1n) is 9.09. The molecule has 2 aromatic carbocycles. The highest BCUT2D eigenvalue weighted by Crippen LogP contribution is 2.43. The predicted octanol–water partition coefficient (Wildman–Crippen LogP) is 6.94. The van der Waals surface area contributed by atoms with Gasteiger partial charge in [0, 0.05) is 5.56 Å². The van der Waals surface area contributed by atoms with Crippen LogP contribution >= 0.6 is 11.8 Å². The average Bonchev–Trinajstić information content (AvgIpc) is 2.65. The number of hydrogen-bond donors (Lipinski definition) is 1. The molecule has 0 unspecified atom stereocenters. The quantitative estimate of drug-likeness (QED) is 0.427. The third-order valence-electron chi connectivity index (χ3n) is 5.31. The molecule has 0 heterocycles. The lowest BCUT2D eigenvalue weighted by Crippen LogP contribution is -2.15. The zero-order valence-electron chi connectivity index (χ0n) is 15.2. The molecule has 0 amide bonds. The van der Waals surface area contributed by atoms with Crippen molar-refractivity contribution in [2.75, 3.05) is 0 Å². The summed E-state index contributed by atoms with van der Waals surface area (Å²) >= 11 is -0.0588. The Hall–Kier alpha value is -2.02. The van der Waals surface area contributed by atoms with Gasteiger partial charge >= 0.3 is 5.97 Å². The van der Waals surface area contributed by atoms with Crippen LogP contribution in [0.1, 0.15) is 54.4 Å². The Morgan fingerprint density at radius 1 is 1.04 bits per heavy atom. The third kappa shape index (κ3) is 4.19. The van der Waals surface area contributed by atoms with Crippen LogP contribution in [0.25, 0.3) is 11.1 Å². The SMILES string of the molecule is CC1CCC(c2c(C(=O)O)cccc2-c2ccc(SC(F)F)c(F)c2F)CC1. The molecule has 0 radical (unpaired) electrons. The zero-order valence-corrected chi connectivity index (χ0v) is 16.0. The molecular formula is C21H20F4O2S. The van der Waals surface area contributed by atoms with Crippen LogP contribution in [-0.2, 0) is 0 Å². The molecule has 7 heteroatoms. The standard InChI is InChI=1S/C21H20F4O2S/c1-11-5-7-12(8-6-11)17-13(3-2-4-15(17)20(26)27)14-9-10-16(28-21(24)25)19(23)18(14)22/h2-4,9-12,21H,5-8H2,1H3,(H,26,27). The number of rotatable bonds is 5. The number of carboxylic acids is 1. The van der Waals surface area contributed by atoms with Gasteiger partial charge in [-0.15, -0.1) is 0 Å². The highest BCUT2D eigenvalue weighted by Gasteiger charge is 2.28. The number of halogens is 4. The second-order valence-corrected chi connectivity index (χ2v) is 8.18. The van der Waals surface area contributed by atoms with Crippen molar-refractivity contribution in [2.24, 2.45) is 5.92 Å². The first kappa shape index (κ1) is 20.7. The molecule has 1 saturated carbocycles. The predicted molar refractivity (Wildman–Crippen MR) is 101 cm³/mol. The van der Waals surface area contributed by atoms with Gasteiger partial charge in [0.2, 0.25) is 0 Å². The molecule has 1 aliphatic carbocycles. The minimum atomic E-state index is -2.87. The monoisotopic (exact) mass is 412 g/mol. The molecule has 2 nitrogen and oxygen atoms in total. The maximum absolute atomic E-state index is 14.8. The van der Waals surface area contributed by atoms with Crippen molar-refractivity contribution in [3.8, 4) is 11.1 Å². The lowest BCUT2D eigenvalue weighted by molar-refractivity contribution is 0.0694. The smallest absolute Gasteiger partial charge is 0.335 e. The Bertz CT molecular complexity index is 877. The van der Waals surface area contributed by atoms with E-state index in [2.05, 4.69) is 6.92 Å². The van der Waals surface area contributed by atoms with E-state index >= 15 is 0 Å². The van der Waals surface area contributed by atoms with Gasteiger partial charge in [-0.2, -0.15) is 8.78 Å². The summed E-state index contributed by atoms with van der Waals surface area (Å²) in [4.78, 5) is 11.3. The summed E-state index contributed by atoms with van der Waals surface area (Å²) in [6, 6.07) is 6.89. The highest BCUT2D eigenvalue weighted by molar-refractivity contribution is 7.99. The van der Waals surface area contributed by atoms with Crippen LogP contribution in [0.5, 0.6) is 0 Å². The van der Waals surface area contributed by atoms with Crippen LogP contribution in [0.15, 0.2) is 35.2 Å². The second-order valence-electron chi connectivity index (χ2n) is 7.15. The summed E-state index contributed by atoms with van der Waals surface area (Å²) in [6.07, 6.45) is 3.39. The Kier molecular flexibility index (Phi) is 6.33. The van der Waals surface area contributed by atoms with Gasteiger partial charge < -0.3 is 5.11 Å². The summed E-state index contributed by atoms with van der Waals surface area (Å²) in [6.45, 7) is 2.13. The number of carbonyl (C=O) groups is 1. The molecule has 0 atom stereocenters. The maximum Gasteiger partial charge on any atom is 0.335 e. The fourth-order valence-electron chi connectivity index (χ4n) is 3.90. The Balaban J connectivity index is 2.13. The second kappa shape index (κ2) is 8.55. The summed E-state index contributed by atoms with van der Waals surface area (Å²) < 4.78 is 54.2. The topological polar surface area (TPSA) is 37.3 Å². The fourth-order valence-corrected chi connectivity index (χ4v) is 4.43. The maximum atomic E-state index is 14.8. The number of carboxylic acid groups (broad SMARTS) is 1. The van der Waals surface area contributed by atoms with Crippen molar-refractivity contribution in [1.82, 2.24) is 0 Å². The Morgan fingerprint density at radius 3 is 2.32 bits per heavy atom. The van der Waals surface area contributed by atoms with E-state index in [4.69, 9.17) is 0 Å². The molecule has 0 aromatic heterocycles. The van der Waals surface area contributed by atoms with E-state index in [1.807, 2.05) is 0 Å². The van der Waals surface area contributed by atoms with Gasteiger partial charge in [0.05, 0.1) is 10.5 Å². The molecule has 0 spiro atoms. The third-order valence-corrected chi connectivity index (χ3v) is 6.06.